The minimum Gasteiger partial charge on any atom is -0.477 e. The fourth-order valence-corrected chi connectivity index (χ4v) is 2.10. The monoisotopic (exact) mass is 265 g/mol. The number of aromatic carboxylic acids is 1. The van der Waals surface area contributed by atoms with Crippen molar-refractivity contribution >= 4 is 28.3 Å². The number of nitrogens with zero attached hydrogens (tertiary/aromatic N) is 2. The van der Waals surface area contributed by atoms with Crippen LogP contribution in [0.5, 0.6) is 0 Å². The van der Waals surface area contributed by atoms with E-state index in [-0.39, 0.29) is 18.1 Å². The lowest BCUT2D eigenvalue weighted by atomic mass is 10.4. The summed E-state index contributed by atoms with van der Waals surface area (Å²) in [5.74, 6) is -1.35. The average Bonchev–Trinajstić information content (AvgIpc) is 2.90. The van der Waals surface area contributed by atoms with Crippen LogP contribution in [0.4, 0.5) is 5.13 Å². The second kappa shape index (κ2) is 5.01. The zero-order valence-corrected chi connectivity index (χ0v) is 10.4. The van der Waals surface area contributed by atoms with E-state index >= 15 is 0 Å². The molecule has 0 spiro atoms. The number of carbonyl (C=O) groups excluding carboxylic acids is 1. The van der Waals surface area contributed by atoms with E-state index in [1.165, 1.54) is 22.0 Å². The van der Waals surface area contributed by atoms with Crippen LogP contribution in [-0.4, -0.2) is 26.5 Å². The lowest BCUT2D eigenvalue weighted by molar-refractivity contribution is -0.116. The van der Waals surface area contributed by atoms with Gasteiger partial charge in [0.15, 0.2) is 5.13 Å². The molecule has 0 radical (unpaired) electrons. The van der Waals surface area contributed by atoms with Crippen molar-refractivity contribution in [3.8, 4) is 0 Å². The van der Waals surface area contributed by atoms with Gasteiger partial charge in [-0.25, -0.2) is 9.78 Å². The van der Waals surface area contributed by atoms with Gasteiger partial charge in [0, 0.05) is 17.3 Å². The van der Waals surface area contributed by atoms with Gasteiger partial charge in [-0.05, 0) is 19.1 Å². The molecule has 0 atom stereocenters. The van der Waals surface area contributed by atoms with Crippen molar-refractivity contribution in [1.29, 1.82) is 0 Å². The molecule has 2 heterocycles. The highest BCUT2D eigenvalue weighted by atomic mass is 32.1. The summed E-state index contributed by atoms with van der Waals surface area (Å²) < 4.78 is 1.45. The molecule has 0 fully saturated rings. The Bertz CT molecular complexity index is 574. The van der Waals surface area contributed by atoms with Gasteiger partial charge >= 0.3 is 5.97 Å². The number of amides is 1. The Balaban J connectivity index is 2.11. The van der Waals surface area contributed by atoms with E-state index in [0.29, 0.717) is 5.13 Å². The summed E-state index contributed by atoms with van der Waals surface area (Å²) in [6.07, 6.45) is 1.59. The van der Waals surface area contributed by atoms with Crippen molar-refractivity contribution in [2.75, 3.05) is 5.32 Å². The maximum atomic E-state index is 11.7. The smallest absolute Gasteiger partial charge is 0.352 e. The van der Waals surface area contributed by atoms with Crippen LogP contribution in [-0.2, 0) is 11.3 Å². The molecule has 2 aromatic rings. The van der Waals surface area contributed by atoms with Crippen LogP contribution in [0.15, 0.2) is 23.7 Å². The fraction of sp³-hybridized carbons (Fsp3) is 0.182. The Morgan fingerprint density at radius 1 is 1.50 bits per heavy atom. The van der Waals surface area contributed by atoms with Crippen molar-refractivity contribution in [2.45, 2.75) is 13.5 Å². The van der Waals surface area contributed by atoms with Crippen LogP contribution in [0.25, 0.3) is 0 Å². The van der Waals surface area contributed by atoms with E-state index in [4.69, 9.17) is 5.11 Å². The normalized spacial score (nSPS) is 10.3. The lowest BCUT2D eigenvalue weighted by Crippen LogP contribution is -2.22. The molecule has 0 aliphatic carbocycles. The van der Waals surface area contributed by atoms with Crippen molar-refractivity contribution in [3.63, 3.8) is 0 Å². The van der Waals surface area contributed by atoms with Gasteiger partial charge in [-0.2, -0.15) is 0 Å². The number of carboxylic acid groups (broad SMARTS) is 1. The molecule has 2 N–H and O–H groups in total. The summed E-state index contributed by atoms with van der Waals surface area (Å²) in [6.45, 7) is 1.71. The van der Waals surface area contributed by atoms with E-state index in [1.54, 1.807) is 24.6 Å². The largest absolute Gasteiger partial charge is 0.477 e. The number of aromatic nitrogens is 2. The van der Waals surface area contributed by atoms with E-state index in [1.807, 2.05) is 0 Å². The highest BCUT2D eigenvalue weighted by Crippen LogP contribution is 2.12. The van der Waals surface area contributed by atoms with Gasteiger partial charge < -0.3 is 15.0 Å². The summed E-state index contributed by atoms with van der Waals surface area (Å²) in [6, 6.07) is 3.15. The van der Waals surface area contributed by atoms with E-state index in [0.717, 1.165) is 5.69 Å². The Kier molecular flexibility index (Phi) is 3.42. The Labute approximate surface area is 107 Å². The molecular formula is C11H11N3O3S. The van der Waals surface area contributed by atoms with Crippen LogP contribution in [0, 0.1) is 6.92 Å². The summed E-state index contributed by atoms with van der Waals surface area (Å²) in [7, 11) is 0. The second-order valence-electron chi connectivity index (χ2n) is 3.64. The SMILES string of the molecule is Cc1ccc(C(=O)O)n1CC(=O)Nc1nccs1. The zero-order valence-electron chi connectivity index (χ0n) is 9.58. The van der Waals surface area contributed by atoms with E-state index in [2.05, 4.69) is 10.3 Å². The molecular weight excluding hydrogens is 254 g/mol. The van der Waals surface area contributed by atoms with Gasteiger partial charge in [-0.15, -0.1) is 11.3 Å². The van der Waals surface area contributed by atoms with Crippen molar-refractivity contribution in [3.05, 3.63) is 35.1 Å². The predicted molar refractivity (Wildman–Crippen MR) is 66.9 cm³/mol. The molecule has 0 unspecified atom stereocenters. The number of rotatable bonds is 4. The number of hydrogen-bond acceptors (Lipinski definition) is 4. The lowest BCUT2D eigenvalue weighted by Gasteiger charge is -2.08. The molecule has 7 heteroatoms. The van der Waals surface area contributed by atoms with Gasteiger partial charge in [0.1, 0.15) is 12.2 Å². The van der Waals surface area contributed by atoms with Crippen LogP contribution < -0.4 is 5.32 Å². The first kappa shape index (κ1) is 12.3. The van der Waals surface area contributed by atoms with Gasteiger partial charge in [0.05, 0.1) is 0 Å². The van der Waals surface area contributed by atoms with E-state index in [9.17, 15) is 9.59 Å². The van der Waals surface area contributed by atoms with Gasteiger partial charge in [0.25, 0.3) is 0 Å². The topological polar surface area (TPSA) is 84.2 Å². The summed E-state index contributed by atoms with van der Waals surface area (Å²) >= 11 is 1.31. The zero-order chi connectivity index (χ0) is 13.1. The molecule has 0 aliphatic rings. The molecule has 94 valence electrons. The minimum atomic E-state index is -1.05. The molecule has 6 nitrogen and oxygen atoms in total. The van der Waals surface area contributed by atoms with Crippen molar-refractivity contribution in [1.82, 2.24) is 9.55 Å². The first-order chi connectivity index (χ1) is 8.58. The second-order valence-corrected chi connectivity index (χ2v) is 4.53. The molecule has 1 amide bonds. The first-order valence-electron chi connectivity index (χ1n) is 5.16. The predicted octanol–water partition coefficient (Wildman–Crippen LogP) is 1.59. The number of aryl methyl sites for hydroxylation is 1. The molecule has 2 aromatic heterocycles. The van der Waals surface area contributed by atoms with Crippen molar-refractivity contribution < 1.29 is 14.7 Å². The standard InChI is InChI=1S/C11H11N3O3S/c1-7-2-3-8(10(16)17)14(7)6-9(15)13-11-12-4-5-18-11/h2-5H,6H2,1H3,(H,16,17)(H,12,13,15). The average molecular weight is 265 g/mol. The Morgan fingerprint density at radius 2 is 2.28 bits per heavy atom. The third kappa shape index (κ3) is 2.57. The van der Waals surface area contributed by atoms with Gasteiger partial charge in [0.2, 0.25) is 5.91 Å². The van der Waals surface area contributed by atoms with Crippen LogP contribution >= 0.6 is 11.3 Å². The maximum absolute atomic E-state index is 11.7. The van der Waals surface area contributed by atoms with Gasteiger partial charge in [-0.3, -0.25) is 4.79 Å². The third-order valence-corrected chi connectivity index (χ3v) is 3.09. The summed E-state index contributed by atoms with van der Waals surface area (Å²) in [5.41, 5.74) is 0.823. The molecule has 0 aliphatic heterocycles. The quantitative estimate of drug-likeness (QED) is 0.879. The maximum Gasteiger partial charge on any atom is 0.352 e. The fourth-order valence-electron chi connectivity index (χ4n) is 1.55. The molecule has 0 saturated carbocycles. The Hall–Kier alpha value is -2.15. The number of carboxylic acids is 1. The number of hydrogen-bond donors (Lipinski definition) is 2. The third-order valence-electron chi connectivity index (χ3n) is 2.40. The number of carbonyl (C=O) groups is 2. The highest BCUT2D eigenvalue weighted by Gasteiger charge is 2.14. The highest BCUT2D eigenvalue weighted by molar-refractivity contribution is 7.13. The Morgan fingerprint density at radius 3 is 2.89 bits per heavy atom. The first-order valence-corrected chi connectivity index (χ1v) is 6.04. The molecule has 0 saturated heterocycles. The summed E-state index contributed by atoms with van der Waals surface area (Å²) in [4.78, 5) is 26.6. The number of thiazole rings is 1. The van der Waals surface area contributed by atoms with Crippen LogP contribution in [0.1, 0.15) is 16.2 Å². The molecule has 18 heavy (non-hydrogen) atoms. The van der Waals surface area contributed by atoms with E-state index < -0.39 is 5.97 Å². The molecule has 0 aromatic carbocycles. The minimum absolute atomic E-state index is 0.0416. The van der Waals surface area contributed by atoms with Crippen LogP contribution in [0.3, 0.4) is 0 Å². The van der Waals surface area contributed by atoms with Gasteiger partial charge in [-0.1, -0.05) is 0 Å². The van der Waals surface area contributed by atoms with Crippen molar-refractivity contribution in [2.24, 2.45) is 0 Å². The number of nitrogens with one attached hydrogen (secondary N) is 1. The number of anilines is 1. The molecule has 0 bridgehead atoms. The van der Waals surface area contributed by atoms with Crippen LogP contribution in [0.2, 0.25) is 0 Å². The molecule has 2 rings (SSSR count). The summed E-state index contributed by atoms with van der Waals surface area (Å²) in [5, 5.41) is 13.8.